The number of nitrogens with zero attached hydrogens (tertiary/aromatic N) is 1. The molecule has 4 nitrogen and oxygen atoms in total. The second-order valence-electron chi connectivity index (χ2n) is 3.30. The number of carbonyl (C=O) groups is 1. The van der Waals surface area contributed by atoms with Crippen LogP contribution in [0.2, 0.25) is 0 Å². The zero-order valence-corrected chi connectivity index (χ0v) is 7.42. The van der Waals surface area contributed by atoms with Crippen molar-refractivity contribution in [3.05, 3.63) is 17.8 Å². The van der Waals surface area contributed by atoms with Crippen molar-refractivity contribution in [1.82, 2.24) is 9.88 Å². The molecule has 3 N–H and O–H groups in total. The van der Waals surface area contributed by atoms with Gasteiger partial charge in [-0.15, -0.1) is 0 Å². The number of hydrogen-bond acceptors (Lipinski definition) is 2. The topological polar surface area (TPSA) is 62.1 Å². The zero-order chi connectivity index (χ0) is 9.26. The van der Waals surface area contributed by atoms with Crippen molar-refractivity contribution in [2.75, 3.05) is 18.8 Å². The van der Waals surface area contributed by atoms with Gasteiger partial charge in [-0.3, -0.25) is 4.79 Å². The van der Waals surface area contributed by atoms with E-state index in [4.69, 9.17) is 5.73 Å². The fraction of sp³-hybridized carbons (Fsp3) is 0.444. The number of H-pyrrole nitrogens is 1. The summed E-state index contributed by atoms with van der Waals surface area (Å²) >= 11 is 0. The Kier molecular flexibility index (Phi) is 1.96. The molecule has 70 valence electrons. The summed E-state index contributed by atoms with van der Waals surface area (Å²) in [6.45, 7) is 1.73. The minimum absolute atomic E-state index is 0.0521. The number of hydrogen-bond donors (Lipinski definition) is 2. The van der Waals surface area contributed by atoms with Crippen LogP contribution in [0.25, 0.3) is 0 Å². The van der Waals surface area contributed by atoms with Crippen molar-refractivity contribution in [1.29, 1.82) is 0 Å². The molecule has 0 atom stereocenters. The van der Waals surface area contributed by atoms with E-state index in [2.05, 4.69) is 4.98 Å². The van der Waals surface area contributed by atoms with E-state index in [-0.39, 0.29) is 5.91 Å². The lowest BCUT2D eigenvalue weighted by molar-refractivity contribution is 0.0794. The quantitative estimate of drug-likeness (QED) is 0.670. The maximum Gasteiger partial charge on any atom is 0.257 e. The van der Waals surface area contributed by atoms with Crippen molar-refractivity contribution in [3.8, 4) is 0 Å². The van der Waals surface area contributed by atoms with Gasteiger partial charge >= 0.3 is 0 Å². The molecule has 1 aliphatic heterocycles. The fourth-order valence-electron chi connectivity index (χ4n) is 1.66. The first kappa shape index (κ1) is 8.16. The molecule has 0 aliphatic carbocycles. The molecule has 0 unspecified atom stereocenters. The molecule has 0 spiro atoms. The van der Waals surface area contributed by atoms with Crippen molar-refractivity contribution < 1.29 is 4.79 Å². The lowest BCUT2D eigenvalue weighted by atomic mass is 10.3. The summed E-state index contributed by atoms with van der Waals surface area (Å²) in [4.78, 5) is 16.4. The number of nitrogens with two attached hydrogens (primary N) is 1. The number of aromatic amines is 1. The maximum atomic E-state index is 11.8. The van der Waals surface area contributed by atoms with E-state index in [0.29, 0.717) is 11.4 Å². The van der Waals surface area contributed by atoms with Crippen LogP contribution in [0.3, 0.4) is 0 Å². The molecule has 1 aliphatic rings. The SMILES string of the molecule is Nc1[nH]ccc1C(=O)N1CCCC1. The average Bonchev–Trinajstić information content (AvgIpc) is 2.72. The molecule has 0 bridgehead atoms. The molecule has 1 fully saturated rings. The highest BCUT2D eigenvalue weighted by molar-refractivity contribution is 5.98. The number of carbonyl (C=O) groups excluding carboxylic acids is 1. The smallest absolute Gasteiger partial charge is 0.257 e. The molecule has 2 heterocycles. The van der Waals surface area contributed by atoms with Crippen LogP contribution in [0.4, 0.5) is 5.82 Å². The Labute approximate surface area is 76.7 Å². The van der Waals surface area contributed by atoms with Gasteiger partial charge in [0, 0.05) is 19.3 Å². The Morgan fingerprint density at radius 1 is 1.46 bits per heavy atom. The van der Waals surface area contributed by atoms with Crippen molar-refractivity contribution in [3.63, 3.8) is 0 Å². The van der Waals surface area contributed by atoms with Gasteiger partial charge in [-0.2, -0.15) is 0 Å². The second-order valence-corrected chi connectivity index (χ2v) is 3.30. The van der Waals surface area contributed by atoms with Gasteiger partial charge in [0.2, 0.25) is 0 Å². The highest BCUT2D eigenvalue weighted by atomic mass is 16.2. The Balaban J connectivity index is 2.17. The number of rotatable bonds is 1. The van der Waals surface area contributed by atoms with E-state index in [0.717, 1.165) is 25.9 Å². The first-order valence-electron chi connectivity index (χ1n) is 4.51. The second kappa shape index (κ2) is 3.12. The Bertz CT molecular complexity index is 312. The maximum absolute atomic E-state index is 11.8. The van der Waals surface area contributed by atoms with Crippen molar-refractivity contribution in [2.24, 2.45) is 0 Å². The third-order valence-electron chi connectivity index (χ3n) is 2.40. The summed E-state index contributed by atoms with van der Waals surface area (Å²) in [7, 11) is 0. The Morgan fingerprint density at radius 2 is 2.15 bits per heavy atom. The van der Waals surface area contributed by atoms with Crippen molar-refractivity contribution in [2.45, 2.75) is 12.8 Å². The fourth-order valence-corrected chi connectivity index (χ4v) is 1.66. The largest absolute Gasteiger partial charge is 0.385 e. The molecule has 0 radical (unpaired) electrons. The number of anilines is 1. The summed E-state index contributed by atoms with van der Waals surface area (Å²) in [5.74, 6) is 0.521. The Hall–Kier alpha value is -1.45. The van der Waals surface area contributed by atoms with Gasteiger partial charge in [0.25, 0.3) is 5.91 Å². The molecule has 1 aromatic rings. The summed E-state index contributed by atoms with van der Waals surface area (Å²) in [6.07, 6.45) is 3.91. The van der Waals surface area contributed by atoms with Crippen LogP contribution in [0.15, 0.2) is 12.3 Å². The van der Waals surface area contributed by atoms with Crippen LogP contribution in [-0.2, 0) is 0 Å². The van der Waals surface area contributed by atoms with E-state index in [9.17, 15) is 4.79 Å². The number of nitrogens with one attached hydrogen (secondary N) is 1. The highest BCUT2D eigenvalue weighted by Gasteiger charge is 2.21. The van der Waals surface area contributed by atoms with E-state index >= 15 is 0 Å². The normalized spacial score (nSPS) is 16.5. The minimum Gasteiger partial charge on any atom is -0.385 e. The van der Waals surface area contributed by atoms with Gasteiger partial charge in [0.05, 0.1) is 5.56 Å². The van der Waals surface area contributed by atoms with Gasteiger partial charge in [0.15, 0.2) is 0 Å². The molecule has 0 saturated carbocycles. The highest BCUT2D eigenvalue weighted by Crippen LogP contribution is 2.16. The van der Waals surface area contributed by atoms with Gasteiger partial charge in [-0.1, -0.05) is 0 Å². The third kappa shape index (κ3) is 1.39. The summed E-state index contributed by atoms with van der Waals surface area (Å²) in [6, 6.07) is 1.73. The monoisotopic (exact) mass is 179 g/mol. The van der Waals surface area contributed by atoms with Crippen LogP contribution in [0.1, 0.15) is 23.2 Å². The molecule has 4 heteroatoms. The zero-order valence-electron chi connectivity index (χ0n) is 7.42. The number of aromatic nitrogens is 1. The third-order valence-corrected chi connectivity index (χ3v) is 2.40. The molecule has 1 aromatic heterocycles. The molecule has 1 amide bonds. The number of nitrogen functional groups attached to an aromatic ring is 1. The van der Waals surface area contributed by atoms with Crippen LogP contribution >= 0.6 is 0 Å². The van der Waals surface area contributed by atoms with E-state index in [1.54, 1.807) is 12.3 Å². The van der Waals surface area contributed by atoms with E-state index in [1.807, 2.05) is 4.90 Å². The molecule has 13 heavy (non-hydrogen) atoms. The van der Waals surface area contributed by atoms with Crippen LogP contribution in [-0.4, -0.2) is 28.9 Å². The molecule has 1 saturated heterocycles. The van der Waals surface area contributed by atoms with E-state index < -0.39 is 0 Å². The summed E-state index contributed by atoms with van der Waals surface area (Å²) in [5, 5.41) is 0. The molecule has 0 aromatic carbocycles. The predicted octanol–water partition coefficient (Wildman–Crippen LogP) is 0.833. The van der Waals surface area contributed by atoms with Crippen LogP contribution in [0.5, 0.6) is 0 Å². The van der Waals surface area contributed by atoms with Gasteiger partial charge in [-0.25, -0.2) is 0 Å². The van der Waals surface area contributed by atoms with Gasteiger partial charge in [0.1, 0.15) is 5.82 Å². The van der Waals surface area contributed by atoms with Crippen LogP contribution in [0, 0.1) is 0 Å². The van der Waals surface area contributed by atoms with E-state index in [1.165, 1.54) is 0 Å². The molecular weight excluding hydrogens is 166 g/mol. The first-order valence-corrected chi connectivity index (χ1v) is 4.51. The summed E-state index contributed by atoms with van der Waals surface area (Å²) in [5.41, 5.74) is 6.21. The number of likely N-dealkylation sites (tertiary alicyclic amines) is 1. The van der Waals surface area contributed by atoms with Gasteiger partial charge in [-0.05, 0) is 18.9 Å². The average molecular weight is 179 g/mol. The van der Waals surface area contributed by atoms with Crippen LogP contribution < -0.4 is 5.73 Å². The standard InChI is InChI=1S/C9H13N3O/c10-8-7(3-4-11-8)9(13)12-5-1-2-6-12/h3-4,11H,1-2,5-6,10H2. The first-order chi connectivity index (χ1) is 6.29. The Morgan fingerprint density at radius 3 is 2.69 bits per heavy atom. The summed E-state index contributed by atoms with van der Waals surface area (Å²) < 4.78 is 0. The number of amides is 1. The lowest BCUT2D eigenvalue weighted by Crippen LogP contribution is -2.27. The predicted molar refractivity (Wildman–Crippen MR) is 50.3 cm³/mol. The molecule has 2 rings (SSSR count). The van der Waals surface area contributed by atoms with Crippen molar-refractivity contribution >= 4 is 11.7 Å². The molecular formula is C9H13N3O. The lowest BCUT2D eigenvalue weighted by Gasteiger charge is -2.14. The van der Waals surface area contributed by atoms with Gasteiger partial charge < -0.3 is 15.6 Å². The minimum atomic E-state index is 0.0521.